The van der Waals surface area contributed by atoms with Gasteiger partial charge < -0.3 is 10.8 Å². The summed E-state index contributed by atoms with van der Waals surface area (Å²) in [7, 11) is 0. The van der Waals surface area contributed by atoms with Crippen LogP contribution in [-0.4, -0.2) is 11.1 Å². The summed E-state index contributed by atoms with van der Waals surface area (Å²) < 4.78 is 1.01. The third kappa shape index (κ3) is 2.96. The van der Waals surface area contributed by atoms with Crippen molar-refractivity contribution < 1.29 is 9.90 Å². The molecular weight excluding hydrogens is 281 g/mol. The maximum atomic E-state index is 10.4. The zero-order chi connectivity index (χ0) is 9.84. The van der Waals surface area contributed by atoms with Gasteiger partial charge >= 0.3 is 5.97 Å². The number of carboxylic acids is 1. The molecule has 0 unspecified atom stereocenters. The van der Waals surface area contributed by atoms with Crippen LogP contribution in [0.5, 0.6) is 0 Å². The van der Waals surface area contributed by atoms with E-state index in [1.165, 1.54) is 0 Å². The highest BCUT2D eigenvalue weighted by atomic mass is 127. The molecular formula is C9H10INO2. The zero-order valence-electron chi connectivity index (χ0n) is 6.90. The average Bonchev–Trinajstić information content (AvgIpc) is 2.03. The number of rotatable bonds is 3. The van der Waals surface area contributed by atoms with Crippen LogP contribution >= 0.6 is 22.6 Å². The quantitative estimate of drug-likeness (QED) is 0.834. The van der Waals surface area contributed by atoms with Crippen LogP contribution in [0.25, 0.3) is 0 Å². The van der Waals surface area contributed by atoms with Gasteiger partial charge in [0.15, 0.2) is 0 Å². The molecule has 3 N–H and O–H groups in total. The SMILES string of the molecule is N[C@H](CC(=O)O)c1ccccc1I. The molecule has 0 spiro atoms. The molecule has 1 aromatic carbocycles. The van der Waals surface area contributed by atoms with Crippen LogP contribution in [-0.2, 0) is 4.79 Å². The fourth-order valence-electron chi connectivity index (χ4n) is 1.07. The minimum absolute atomic E-state index is 0.0278. The largest absolute Gasteiger partial charge is 0.481 e. The van der Waals surface area contributed by atoms with Gasteiger partial charge in [-0.1, -0.05) is 18.2 Å². The number of hydrogen-bond donors (Lipinski definition) is 2. The minimum atomic E-state index is -0.868. The number of aliphatic carboxylic acids is 1. The van der Waals surface area contributed by atoms with E-state index in [-0.39, 0.29) is 6.42 Å². The number of benzene rings is 1. The van der Waals surface area contributed by atoms with E-state index in [2.05, 4.69) is 22.6 Å². The van der Waals surface area contributed by atoms with E-state index < -0.39 is 12.0 Å². The average molecular weight is 291 g/mol. The van der Waals surface area contributed by atoms with Gasteiger partial charge in [0.05, 0.1) is 6.42 Å². The molecule has 0 heterocycles. The van der Waals surface area contributed by atoms with Crippen LogP contribution < -0.4 is 5.73 Å². The standard InChI is InChI=1S/C9H10INO2/c10-7-4-2-1-3-6(7)8(11)5-9(12)13/h1-4,8H,5,11H2,(H,12,13)/t8-/m1/s1. The summed E-state index contributed by atoms with van der Waals surface area (Å²) in [5, 5.41) is 8.55. The van der Waals surface area contributed by atoms with Crippen molar-refractivity contribution in [1.29, 1.82) is 0 Å². The molecule has 0 bridgehead atoms. The number of carboxylic acid groups (broad SMARTS) is 1. The van der Waals surface area contributed by atoms with E-state index >= 15 is 0 Å². The maximum Gasteiger partial charge on any atom is 0.305 e. The topological polar surface area (TPSA) is 63.3 Å². The van der Waals surface area contributed by atoms with Gasteiger partial charge in [0.25, 0.3) is 0 Å². The summed E-state index contributed by atoms with van der Waals surface area (Å²) in [6, 6.07) is 7.12. The van der Waals surface area contributed by atoms with Crippen molar-refractivity contribution in [3.05, 3.63) is 33.4 Å². The number of halogens is 1. The molecule has 0 aromatic heterocycles. The molecule has 13 heavy (non-hydrogen) atoms. The minimum Gasteiger partial charge on any atom is -0.481 e. The van der Waals surface area contributed by atoms with Gasteiger partial charge in [0, 0.05) is 9.61 Å². The predicted molar refractivity (Wildman–Crippen MR) is 58.3 cm³/mol. The third-order valence-corrected chi connectivity index (χ3v) is 2.68. The van der Waals surface area contributed by atoms with Crippen molar-refractivity contribution in [3.8, 4) is 0 Å². The Morgan fingerprint density at radius 2 is 2.15 bits per heavy atom. The summed E-state index contributed by atoms with van der Waals surface area (Å²) in [5.41, 5.74) is 6.61. The number of nitrogens with two attached hydrogens (primary N) is 1. The van der Waals surface area contributed by atoms with Gasteiger partial charge in [-0.25, -0.2) is 0 Å². The van der Waals surface area contributed by atoms with Crippen LogP contribution in [0.2, 0.25) is 0 Å². The van der Waals surface area contributed by atoms with Crippen molar-refractivity contribution in [2.75, 3.05) is 0 Å². The van der Waals surface area contributed by atoms with Crippen molar-refractivity contribution in [3.63, 3.8) is 0 Å². The molecule has 1 rings (SSSR count). The highest BCUT2D eigenvalue weighted by Gasteiger charge is 2.12. The van der Waals surface area contributed by atoms with Crippen molar-refractivity contribution in [2.24, 2.45) is 5.73 Å². The van der Waals surface area contributed by atoms with Crippen molar-refractivity contribution in [2.45, 2.75) is 12.5 Å². The molecule has 4 heteroatoms. The van der Waals surface area contributed by atoms with Gasteiger partial charge in [-0.2, -0.15) is 0 Å². The van der Waals surface area contributed by atoms with E-state index in [1.54, 1.807) is 0 Å². The first-order valence-electron chi connectivity index (χ1n) is 3.83. The predicted octanol–water partition coefficient (Wildman–Crippen LogP) is 1.77. The Hall–Kier alpha value is -0.620. The van der Waals surface area contributed by atoms with Crippen LogP contribution in [0.1, 0.15) is 18.0 Å². The molecule has 0 saturated carbocycles. The Morgan fingerprint density at radius 1 is 1.54 bits per heavy atom. The Morgan fingerprint density at radius 3 is 2.69 bits per heavy atom. The monoisotopic (exact) mass is 291 g/mol. The third-order valence-electron chi connectivity index (χ3n) is 1.70. The second-order valence-electron chi connectivity index (χ2n) is 2.73. The van der Waals surface area contributed by atoms with Crippen LogP contribution in [0, 0.1) is 3.57 Å². The second-order valence-corrected chi connectivity index (χ2v) is 3.89. The lowest BCUT2D eigenvalue weighted by atomic mass is 10.1. The number of carbonyl (C=O) groups is 1. The fourth-order valence-corrected chi connectivity index (χ4v) is 1.86. The van der Waals surface area contributed by atoms with Crippen LogP contribution in [0.3, 0.4) is 0 Å². The number of hydrogen-bond acceptors (Lipinski definition) is 2. The first kappa shape index (κ1) is 10.5. The molecule has 1 atom stereocenters. The van der Waals surface area contributed by atoms with E-state index in [4.69, 9.17) is 10.8 Å². The molecule has 0 fully saturated rings. The Balaban J connectivity index is 2.82. The van der Waals surface area contributed by atoms with Gasteiger partial charge in [-0.05, 0) is 34.2 Å². The highest BCUT2D eigenvalue weighted by Crippen LogP contribution is 2.19. The Kier molecular flexibility index (Phi) is 3.68. The molecule has 0 saturated heterocycles. The lowest BCUT2D eigenvalue weighted by Crippen LogP contribution is -2.15. The molecule has 0 aliphatic heterocycles. The normalized spacial score (nSPS) is 12.5. The first-order chi connectivity index (χ1) is 6.11. The lowest BCUT2D eigenvalue weighted by molar-refractivity contribution is -0.137. The molecule has 0 amide bonds. The molecule has 1 aromatic rings. The summed E-state index contributed by atoms with van der Waals surface area (Å²) in [4.78, 5) is 10.4. The molecule has 0 aliphatic carbocycles. The maximum absolute atomic E-state index is 10.4. The van der Waals surface area contributed by atoms with E-state index in [0.717, 1.165) is 9.13 Å². The molecule has 70 valence electrons. The molecule has 0 aliphatic rings. The molecule has 3 nitrogen and oxygen atoms in total. The van der Waals surface area contributed by atoms with Gasteiger partial charge in [-0.3, -0.25) is 4.79 Å². The highest BCUT2D eigenvalue weighted by molar-refractivity contribution is 14.1. The van der Waals surface area contributed by atoms with Crippen molar-refractivity contribution >= 4 is 28.6 Å². The van der Waals surface area contributed by atoms with Gasteiger partial charge in [0.1, 0.15) is 0 Å². The Bertz CT molecular complexity index is 314. The van der Waals surface area contributed by atoms with Gasteiger partial charge in [-0.15, -0.1) is 0 Å². The smallest absolute Gasteiger partial charge is 0.305 e. The zero-order valence-corrected chi connectivity index (χ0v) is 9.06. The fraction of sp³-hybridized carbons (Fsp3) is 0.222. The lowest BCUT2D eigenvalue weighted by Gasteiger charge is -2.10. The second kappa shape index (κ2) is 4.57. The summed E-state index contributed by atoms with van der Waals surface area (Å²) in [6.45, 7) is 0. The van der Waals surface area contributed by atoms with Crippen molar-refractivity contribution in [1.82, 2.24) is 0 Å². The van der Waals surface area contributed by atoms with Crippen LogP contribution in [0.15, 0.2) is 24.3 Å². The summed E-state index contributed by atoms with van der Waals surface area (Å²) in [6.07, 6.45) is -0.0278. The van der Waals surface area contributed by atoms with E-state index in [0.29, 0.717) is 0 Å². The summed E-state index contributed by atoms with van der Waals surface area (Å²) in [5.74, 6) is -0.868. The van der Waals surface area contributed by atoms with E-state index in [9.17, 15) is 4.79 Å². The van der Waals surface area contributed by atoms with E-state index in [1.807, 2.05) is 24.3 Å². The Labute approximate surface area is 90.1 Å². The molecule has 0 radical (unpaired) electrons. The van der Waals surface area contributed by atoms with Crippen LogP contribution in [0.4, 0.5) is 0 Å². The summed E-state index contributed by atoms with van der Waals surface area (Å²) >= 11 is 2.15. The van der Waals surface area contributed by atoms with Gasteiger partial charge in [0.2, 0.25) is 0 Å². The first-order valence-corrected chi connectivity index (χ1v) is 4.91.